The van der Waals surface area contributed by atoms with Crippen LogP contribution < -0.4 is 10.9 Å². The maximum absolute atomic E-state index is 12.6. The minimum Gasteiger partial charge on any atom is -0.360 e. The van der Waals surface area contributed by atoms with E-state index in [1.54, 1.807) is 10.6 Å². The van der Waals surface area contributed by atoms with Crippen molar-refractivity contribution in [3.8, 4) is 11.1 Å². The van der Waals surface area contributed by atoms with Crippen molar-refractivity contribution in [2.24, 2.45) is 0 Å². The van der Waals surface area contributed by atoms with Gasteiger partial charge in [-0.15, -0.1) is 0 Å². The minimum absolute atomic E-state index is 0.0828. The van der Waals surface area contributed by atoms with Crippen LogP contribution in [-0.2, 0) is 22.8 Å². The number of carbonyl (C=O) groups is 1. The standard InChI is InChI=1S/C27H32N4O3Si/c1-20(32)29-25-7-5-6-21(14-25)17-30-18-24(10-11-27(30)33)22-8-9-23-16-28-31(26(23)15-22)19-34-12-13-35(2,3)4/h5-11,14-16,18H,12-13,17,19H2,1-4H3,(H,29,32). The Labute approximate surface area is 206 Å². The van der Waals surface area contributed by atoms with Crippen LogP contribution in [0.5, 0.6) is 0 Å². The smallest absolute Gasteiger partial charge is 0.250 e. The van der Waals surface area contributed by atoms with Crippen LogP contribution in [0.1, 0.15) is 12.5 Å². The molecule has 0 aliphatic heterocycles. The molecule has 0 unspecified atom stereocenters. The summed E-state index contributed by atoms with van der Waals surface area (Å²) in [7, 11) is -1.14. The highest BCUT2D eigenvalue weighted by Crippen LogP contribution is 2.24. The van der Waals surface area contributed by atoms with E-state index in [4.69, 9.17) is 4.74 Å². The van der Waals surface area contributed by atoms with Crippen LogP contribution in [0.3, 0.4) is 0 Å². The molecule has 182 valence electrons. The molecule has 0 saturated carbocycles. The van der Waals surface area contributed by atoms with E-state index in [9.17, 15) is 9.59 Å². The molecule has 8 heteroatoms. The van der Waals surface area contributed by atoms with Gasteiger partial charge in [-0.05, 0) is 47.0 Å². The molecule has 0 radical (unpaired) electrons. The normalized spacial score (nSPS) is 11.7. The lowest BCUT2D eigenvalue weighted by molar-refractivity contribution is -0.114. The number of aromatic nitrogens is 3. The summed E-state index contributed by atoms with van der Waals surface area (Å²) in [6.45, 7) is 10.1. The number of hydrogen-bond donors (Lipinski definition) is 1. The topological polar surface area (TPSA) is 78.2 Å². The zero-order chi connectivity index (χ0) is 25.0. The summed E-state index contributed by atoms with van der Waals surface area (Å²) in [5.41, 5.74) is 4.50. The number of benzene rings is 2. The molecule has 4 rings (SSSR count). The number of pyridine rings is 1. The van der Waals surface area contributed by atoms with Gasteiger partial charge in [0.05, 0.1) is 18.3 Å². The van der Waals surface area contributed by atoms with Gasteiger partial charge in [-0.3, -0.25) is 9.59 Å². The summed E-state index contributed by atoms with van der Waals surface area (Å²) >= 11 is 0. The van der Waals surface area contributed by atoms with Gasteiger partial charge >= 0.3 is 0 Å². The van der Waals surface area contributed by atoms with Crippen LogP contribution in [0.25, 0.3) is 22.0 Å². The number of rotatable bonds is 9. The summed E-state index contributed by atoms with van der Waals surface area (Å²) in [4.78, 5) is 23.9. The van der Waals surface area contributed by atoms with Crippen molar-refractivity contribution in [1.82, 2.24) is 14.3 Å². The number of carbonyl (C=O) groups excluding carboxylic acids is 1. The van der Waals surface area contributed by atoms with Gasteiger partial charge in [0, 0.05) is 44.9 Å². The average molecular weight is 489 g/mol. The zero-order valence-corrected chi connectivity index (χ0v) is 21.7. The zero-order valence-electron chi connectivity index (χ0n) is 20.7. The third kappa shape index (κ3) is 6.55. The quantitative estimate of drug-likeness (QED) is 0.260. The summed E-state index contributed by atoms with van der Waals surface area (Å²) in [5.74, 6) is -0.127. The van der Waals surface area contributed by atoms with E-state index in [0.29, 0.717) is 19.0 Å². The molecule has 35 heavy (non-hydrogen) atoms. The van der Waals surface area contributed by atoms with Gasteiger partial charge in [0.1, 0.15) is 6.73 Å². The maximum Gasteiger partial charge on any atom is 0.250 e. The number of anilines is 1. The van der Waals surface area contributed by atoms with Gasteiger partial charge in [-0.25, -0.2) is 4.68 Å². The second-order valence-corrected chi connectivity index (χ2v) is 15.7. The molecule has 2 aromatic heterocycles. The minimum atomic E-state index is -1.14. The molecule has 0 saturated heterocycles. The number of hydrogen-bond acceptors (Lipinski definition) is 4. The monoisotopic (exact) mass is 488 g/mol. The summed E-state index contributed by atoms with van der Waals surface area (Å²) in [6, 6.07) is 18.3. The van der Waals surface area contributed by atoms with Crippen LogP contribution in [0.2, 0.25) is 25.7 Å². The van der Waals surface area contributed by atoms with Crippen molar-refractivity contribution in [1.29, 1.82) is 0 Å². The largest absolute Gasteiger partial charge is 0.360 e. The van der Waals surface area contributed by atoms with Gasteiger partial charge in [0.25, 0.3) is 5.56 Å². The van der Waals surface area contributed by atoms with Crippen LogP contribution in [0, 0.1) is 0 Å². The van der Waals surface area contributed by atoms with Gasteiger partial charge in [0.15, 0.2) is 0 Å². The second kappa shape index (κ2) is 10.4. The highest BCUT2D eigenvalue weighted by atomic mass is 28.3. The lowest BCUT2D eigenvalue weighted by Gasteiger charge is -2.15. The van der Waals surface area contributed by atoms with Crippen LogP contribution in [0.15, 0.2) is 71.8 Å². The van der Waals surface area contributed by atoms with Crippen molar-refractivity contribution in [2.45, 2.75) is 45.9 Å². The van der Waals surface area contributed by atoms with Crippen molar-refractivity contribution in [2.75, 3.05) is 11.9 Å². The predicted octanol–water partition coefficient (Wildman–Crippen LogP) is 5.18. The van der Waals surface area contributed by atoms with Crippen molar-refractivity contribution < 1.29 is 9.53 Å². The van der Waals surface area contributed by atoms with Gasteiger partial charge in [0.2, 0.25) is 5.91 Å². The molecular formula is C27H32N4O3Si. The SMILES string of the molecule is CC(=O)Nc1cccc(Cn2cc(-c3ccc4cnn(COCC[Si](C)(C)C)c4c3)ccc2=O)c1. The molecule has 1 amide bonds. The van der Waals surface area contributed by atoms with Crippen molar-refractivity contribution in [3.05, 3.63) is 82.9 Å². The first-order chi connectivity index (χ1) is 16.7. The molecule has 0 spiro atoms. The Balaban J connectivity index is 1.55. The molecule has 0 aliphatic carbocycles. The molecule has 7 nitrogen and oxygen atoms in total. The number of fused-ring (bicyclic) bond motifs is 1. The first-order valence-corrected chi connectivity index (χ1v) is 15.5. The number of nitrogens with one attached hydrogen (secondary N) is 1. The van der Waals surface area contributed by atoms with E-state index in [2.05, 4.69) is 36.1 Å². The average Bonchev–Trinajstić information content (AvgIpc) is 3.19. The third-order valence-electron chi connectivity index (χ3n) is 5.77. The Morgan fingerprint density at radius 3 is 2.63 bits per heavy atom. The van der Waals surface area contributed by atoms with Crippen LogP contribution in [-0.4, -0.2) is 34.9 Å². The molecule has 2 heterocycles. The number of nitrogens with zero attached hydrogens (tertiary/aromatic N) is 3. The van der Waals surface area contributed by atoms with Crippen LogP contribution >= 0.6 is 0 Å². The Bertz CT molecular complexity index is 1400. The Morgan fingerprint density at radius 2 is 1.86 bits per heavy atom. The molecule has 4 aromatic rings. The van der Waals surface area contributed by atoms with E-state index >= 15 is 0 Å². The van der Waals surface area contributed by atoms with E-state index in [-0.39, 0.29) is 11.5 Å². The molecule has 0 bridgehead atoms. The molecule has 0 atom stereocenters. The van der Waals surface area contributed by atoms with Crippen LogP contribution in [0.4, 0.5) is 5.69 Å². The van der Waals surface area contributed by atoms with Gasteiger partial charge in [-0.2, -0.15) is 5.10 Å². The fourth-order valence-electron chi connectivity index (χ4n) is 3.86. The summed E-state index contributed by atoms with van der Waals surface area (Å²) < 4.78 is 9.47. The fourth-order valence-corrected chi connectivity index (χ4v) is 4.61. The van der Waals surface area contributed by atoms with Gasteiger partial charge < -0.3 is 14.6 Å². The molecule has 0 aliphatic rings. The Kier molecular flexibility index (Phi) is 7.33. The van der Waals surface area contributed by atoms with Crippen molar-refractivity contribution in [3.63, 3.8) is 0 Å². The van der Waals surface area contributed by atoms with Crippen molar-refractivity contribution >= 4 is 30.6 Å². The highest BCUT2D eigenvalue weighted by Gasteiger charge is 2.13. The summed E-state index contributed by atoms with van der Waals surface area (Å²) in [5, 5.41) is 8.33. The third-order valence-corrected chi connectivity index (χ3v) is 7.48. The van der Waals surface area contributed by atoms with E-state index in [0.717, 1.165) is 40.2 Å². The first-order valence-electron chi connectivity index (χ1n) is 11.8. The number of amides is 1. The van der Waals surface area contributed by atoms with Gasteiger partial charge in [-0.1, -0.05) is 43.9 Å². The Morgan fingerprint density at radius 1 is 1.06 bits per heavy atom. The molecular weight excluding hydrogens is 456 g/mol. The molecule has 2 aromatic carbocycles. The highest BCUT2D eigenvalue weighted by molar-refractivity contribution is 6.76. The predicted molar refractivity (Wildman–Crippen MR) is 143 cm³/mol. The van der Waals surface area contributed by atoms with E-state index < -0.39 is 8.07 Å². The van der Waals surface area contributed by atoms with E-state index in [1.807, 2.05) is 59.5 Å². The molecule has 0 fully saturated rings. The first kappa shape index (κ1) is 24.6. The number of ether oxygens (including phenoxy) is 1. The fraction of sp³-hybridized carbons (Fsp3) is 0.296. The maximum atomic E-state index is 12.6. The Hall–Kier alpha value is -3.49. The second-order valence-electron chi connectivity index (χ2n) is 10.0. The lowest BCUT2D eigenvalue weighted by atomic mass is 10.1. The lowest BCUT2D eigenvalue weighted by Crippen LogP contribution is -2.22. The summed E-state index contributed by atoms with van der Waals surface area (Å²) in [6.07, 6.45) is 3.73. The van der Waals surface area contributed by atoms with E-state index in [1.165, 1.54) is 6.92 Å². The molecule has 1 N–H and O–H groups in total.